The average Bonchev–Trinajstić information content (AvgIpc) is 2.43. The van der Waals surface area contributed by atoms with Crippen molar-refractivity contribution in [2.24, 2.45) is 11.1 Å². The number of rotatable bonds is 7. The van der Waals surface area contributed by atoms with Gasteiger partial charge in [0.25, 0.3) is 0 Å². The quantitative estimate of drug-likeness (QED) is 0.691. The highest BCUT2D eigenvalue weighted by Crippen LogP contribution is 2.33. The van der Waals surface area contributed by atoms with Gasteiger partial charge in [0, 0.05) is 10.2 Å². The van der Waals surface area contributed by atoms with E-state index in [9.17, 15) is 4.79 Å². The number of nitrogens with one attached hydrogen (secondary N) is 1. The number of carbonyl (C=O) groups is 1. The van der Waals surface area contributed by atoms with Crippen LogP contribution in [0.4, 0.5) is 5.69 Å². The van der Waals surface area contributed by atoms with Crippen molar-refractivity contribution in [3.63, 3.8) is 0 Å². The van der Waals surface area contributed by atoms with Crippen LogP contribution < -0.4 is 11.1 Å². The molecule has 116 valence electrons. The van der Waals surface area contributed by atoms with E-state index in [0.717, 1.165) is 28.6 Å². The Balaban J connectivity index is 3.11. The van der Waals surface area contributed by atoms with E-state index in [1.54, 1.807) is 0 Å². The van der Waals surface area contributed by atoms with E-state index in [-0.39, 0.29) is 10.9 Å². The van der Waals surface area contributed by atoms with Crippen molar-refractivity contribution in [3.05, 3.63) is 28.2 Å². The molecule has 0 atom stereocenters. The van der Waals surface area contributed by atoms with Crippen LogP contribution in [0.2, 0.25) is 0 Å². The van der Waals surface area contributed by atoms with Gasteiger partial charge in [0.05, 0.1) is 10.4 Å². The molecule has 0 unspecified atom stereocenters. The second-order valence-corrected chi connectivity index (χ2v) is 6.61. The van der Waals surface area contributed by atoms with Gasteiger partial charge < -0.3 is 11.1 Å². The molecule has 0 bridgehead atoms. The van der Waals surface area contributed by atoms with Crippen molar-refractivity contribution < 1.29 is 4.79 Å². The number of thiocarbonyl (C=S) groups is 1. The summed E-state index contributed by atoms with van der Waals surface area (Å²) in [6.45, 7) is 6.04. The third-order valence-electron chi connectivity index (χ3n) is 3.78. The number of amides is 1. The minimum absolute atomic E-state index is 0.0973. The lowest BCUT2D eigenvalue weighted by Crippen LogP contribution is -2.46. The van der Waals surface area contributed by atoms with Gasteiger partial charge in [-0.1, -0.05) is 60.9 Å². The van der Waals surface area contributed by atoms with Crippen LogP contribution in [0.1, 0.15) is 45.1 Å². The standard InChI is InChI=1S/C16H23BrN2OS/c1-4-9-16(10-5-2,14(18)21)15(20)19-13-8-6-7-12(17)11(13)3/h6-8H,4-5,9-10H2,1-3H3,(H2,18,21)(H,19,20). The number of anilines is 1. The van der Waals surface area contributed by atoms with E-state index in [4.69, 9.17) is 18.0 Å². The maximum absolute atomic E-state index is 12.8. The lowest BCUT2D eigenvalue weighted by Gasteiger charge is -2.31. The molecule has 1 amide bonds. The van der Waals surface area contributed by atoms with Crippen molar-refractivity contribution in [1.82, 2.24) is 0 Å². The molecule has 0 aliphatic rings. The highest BCUT2D eigenvalue weighted by Gasteiger charge is 2.40. The maximum Gasteiger partial charge on any atom is 0.237 e. The molecule has 0 fully saturated rings. The summed E-state index contributed by atoms with van der Waals surface area (Å²) in [6, 6.07) is 5.74. The Bertz CT molecular complexity index is 525. The summed E-state index contributed by atoms with van der Waals surface area (Å²) in [6.07, 6.45) is 3.08. The summed E-state index contributed by atoms with van der Waals surface area (Å²) < 4.78 is 0.965. The van der Waals surface area contributed by atoms with E-state index in [1.807, 2.05) is 39.0 Å². The van der Waals surface area contributed by atoms with Crippen LogP contribution in [-0.2, 0) is 4.79 Å². The number of hydrogen-bond acceptors (Lipinski definition) is 2. The fraction of sp³-hybridized carbons (Fsp3) is 0.500. The van der Waals surface area contributed by atoms with Crippen LogP contribution in [0.3, 0.4) is 0 Å². The van der Waals surface area contributed by atoms with Crippen molar-refractivity contribution in [2.45, 2.75) is 46.5 Å². The Hall–Kier alpha value is -0.940. The topological polar surface area (TPSA) is 55.1 Å². The molecule has 0 aliphatic carbocycles. The van der Waals surface area contributed by atoms with Crippen LogP contribution >= 0.6 is 28.1 Å². The van der Waals surface area contributed by atoms with E-state index in [0.29, 0.717) is 12.8 Å². The first kappa shape index (κ1) is 18.1. The number of benzene rings is 1. The Labute approximate surface area is 140 Å². The molecule has 1 aromatic carbocycles. The second-order valence-electron chi connectivity index (χ2n) is 5.31. The minimum Gasteiger partial charge on any atom is -0.392 e. The SMILES string of the molecule is CCCC(CCC)(C(=O)Nc1cccc(Br)c1C)C(N)=S. The van der Waals surface area contributed by atoms with Crippen molar-refractivity contribution in [2.75, 3.05) is 5.32 Å². The number of nitrogens with two attached hydrogens (primary N) is 1. The average molecular weight is 371 g/mol. The number of carbonyl (C=O) groups excluding carboxylic acids is 1. The predicted molar refractivity (Wildman–Crippen MR) is 96.5 cm³/mol. The van der Waals surface area contributed by atoms with Gasteiger partial charge in [-0.05, 0) is 37.5 Å². The molecule has 3 N–H and O–H groups in total. The van der Waals surface area contributed by atoms with Gasteiger partial charge in [0.15, 0.2) is 0 Å². The molecule has 3 nitrogen and oxygen atoms in total. The Morgan fingerprint density at radius 2 is 1.90 bits per heavy atom. The predicted octanol–water partition coefficient (Wildman–Crippen LogP) is 4.57. The molecule has 1 aromatic rings. The molecule has 0 radical (unpaired) electrons. The summed E-state index contributed by atoms with van der Waals surface area (Å²) in [5, 5.41) is 3.01. The number of halogens is 1. The van der Waals surface area contributed by atoms with E-state index >= 15 is 0 Å². The zero-order valence-electron chi connectivity index (χ0n) is 12.8. The van der Waals surface area contributed by atoms with Crippen LogP contribution in [0.15, 0.2) is 22.7 Å². The van der Waals surface area contributed by atoms with Crippen molar-refractivity contribution in [3.8, 4) is 0 Å². The van der Waals surface area contributed by atoms with Gasteiger partial charge >= 0.3 is 0 Å². The molecule has 1 rings (SSSR count). The Kier molecular flexibility index (Phi) is 6.81. The molecule has 21 heavy (non-hydrogen) atoms. The van der Waals surface area contributed by atoms with Gasteiger partial charge in [0.1, 0.15) is 0 Å². The van der Waals surface area contributed by atoms with Gasteiger partial charge in [0.2, 0.25) is 5.91 Å². The first-order valence-electron chi connectivity index (χ1n) is 7.25. The highest BCUT2D eigenvalue weighted by atomic mass is 79.9. The third kappa shape index (κ3) is 4.04. The van der Waals surface area contributed by atoms with Crippen LogP contribution in [0, 0.1) is 12.3 Å². The molecule has 0 aliphatic heterocycles. The lowest BCUT2D eigenvalue weighted by atomic mass is 9.78. The van der Waals surface area contributed by atoms with E-state index < -0.39 is 5.41 Å². The monoisotopic (exact) mass is 370 g/mol. The molecule has 0 spiro atoms. The van der Waals surface area contributed by atoms with Crippen molar-refractivity contribution in [1.29, 1.82) is 0 Å². The Morgan fingerprint density at radius 3 is 2.38 bits per heavy atom. The van der Waals surface area contributed by atoms with Gasteiger partial charge in [-0.3, -0.25) is 4.79 Å². The van der Waals surface area contributed by atoms with E-state index in [1.165, 1.54) is 0 Å². The normalized spacial score (nSPS) is 11.2. The Morgan fingerprint density at radius 1 is 1.33 bits per heavy atom. The van der Waals surface area contributed by atoms with Crippen LogP contribution in [-0.4, -0.2) is 10.9 Å². The molecular weight excluding hydrogens is 348 g/mol. The van der Waals surface area contributed by atoms with Gasteiger partial charge in [-0.2, -0.15) is 0 Å². The summed E-state index contributed by atoms with van der Waals surface area (Å²) in [7, 11) is 0. The first-order valence-corrected chi connectivity index (χ1v) is 8.45. The molecule has 0 saturated carbocycles. The molecule has 0 saturated heterocycles. The molecule has 0 aromatic heterocycles. The van der Waals surface area contributed by atoms with Gasteiger partial charge in [-0.25, -0.2) is 0 Å². The van der Waals surface area contributed by atoms with E-state index in [2.05, 4.69) is 21.2 Å². The zero-order valence-corrected chi connectivity index (χ0v) is 15.2. The molecular formula is C16H23BrN2OS. The third-order valence-corrected chi connectivity index (χ3v) is 5.03. The summed E-state index contributed by atoms with van der Waals surface area (Å²) >= 11 is 8.69. The second kappa shape index (κ2) is 7.90. The highest BCUT2D eigenvalue weighted by molar-refractivity contribution is 9.10. The van der Waals surface area contributed by atoms with Crippen LogP contribution in [0.25, 0.3) is 0 Å². The summed E-state index contributed by atoms with van der Waals surface area (Å²) in [5.74, 6) is -0.0973. The smallest absolute Gasteiger partial charge is 0.237 e. The lowest BCUT2D eigenvalue weighted by molar-refractivity contribution is -0.122. The molecule has 5 heteroatoms. The van der Waals surface area contributed by atoms with Gasteiger partial charge in [-0.15, -0.1) is 0 Å². The fourth-order valence-corrected chi connectivity index (χ4v) is 3.21. The minimum atomic E-state index is -0.756. The van der Waals surface area contributed by atoms with Crippen molar-refractivity contribution >= 4 is 44.7 Å². The fourth-order valence-electron chi connectivity index (χ4n) is 2.55. The summed E-state index contributed by atoms with van der Waals surface area (Å²) in [5.41, 5.74) is 6.96. The first-order chi connectivity index (χ1) is 9.89. The number of hydrogen-bond donors (Lipinski definition) is 2. The zero-order chi connectivity index (χ0) is 16.0. The molecule has 0 heterocycles. The van der Waals surface area contributed by atoms with Crippen LogP contribution in [0.5, 0.6) is 0 Å². The summed E-state index contributed by atoms with van der Waals surface area (Å²) in [4.78, 5) is 13.1. The largest absolute Gasteiger partial charge is 0.392 e. The maximum atomic E-state index is 12.8.